The van der Waals surface area contributed by atoms with Crippen LogP contribution in [0.25, 0.3) is 0 Å². The summed E-state index contributed by atoms with van der Waals surface area (Å²) < 4.78 is 0. The molecule has 0 saturated carbocycles. The second kappa shape index (κ2) is 4.88. The van der Waals surface area contributed by atoms with E-state index in [9.17, 15) is 4.79 Å². The van der Waals surface area contributed by atoms with E-state index >= 15 is 0 Å². The fourth-order valence-corrected chi connectivity index (χ4v) is 2.35. The molecular formula is C14H20N2O. The predicted molar refractivity (Wildman–Crippen MR) is 70.3 cm³/mol. The normalized spacial score (nSPS) is 14.9. The number of aryl methyl sites for hydroxylation is 1. The summed E-state index contributed by atoms with van der Waals surface area (Å²) in [6.07, 6.45) is 2.09. The van der Waals surface area contributed by atoms with Gasteiger partial charge in [-0.1, -0.05) is 26.0 Å². The van der Waals surface area contributed by atoms with Crippen LogP contribution in [0.2, 0.25) is 0 Å². The standard InChI is InChI=1S/C14H20N2O/c1-10(2)11-5-6-13-12(8-11)4-3-7-16(13)14(17)9-15/h5-6,8,10H,3-4,7,9,15H2,1-2H3. The highest BCUT2D eigenvalue weighted by molar-refractivity contribution is 5.95. The van der Waals surface area contributed by atoms with Gasteiger partial charge in [-0.05, 0) is 36.0 Å². The summed E-state index contributed by atoms with van der Waals surface area (Å²) in [6.45, 7) is 5.26. The van der Waals surface area contributed by atoms with Crippen molar-refractivity contribution < 1.29 is 4.79 Å². The third-order valence-corrected chi connectivity index (χ3v) is 3.36. The van der Waals surface area contributed by atoms with Crippen LogP contribution in [0, 0.1) is 0 Å². The Labute approximate surface area is 103 Å². The highest BCUT2D eigenvalue weighted by Crippen LogP contribution is 2.30. The number of hydrogen-bond acceptors (Lipinski definition) is 2. The fourth-order valence-electron chi connectivity index (χ4n) is 2.35. The monoisotopic (exact) mass is 232 g/mol. The molecule has 17 heavy (non-hydrogen) atoms. The molecule has 1 aromatic rings. The Bertz CT molecular complexity index is 426. The van der Waals surface area contributed by atoms with E-state index < -0.39 is 0 Å². The maximum Gasteiger partial charge on any atom is 0.240 e. The number of hydrogen-bond donors (Lipinski definition) is 1. The van der Waals surface area contributed by atoms with Gasteiger partial charge >= 0.3 is 0 Å². The lowest BCUT2D eigenvalue weighted by molar-refractivity contribution is -0.117. The summed E-state index contributed by atoms with van der Waals surface area (Å²) in [5, 5.41) is 0. The molecule has 1 aliphatic rings. The average molecular weight is 232 g/mol. The molecule has 0 saturated heterocycles. The highest BCUT2D eigenvalue weighted by Gasteiger charge is 2.21. The molecule has 1 heterocycles. The zero-order chi connectivity index (χ0) is 12.4. The first-order valence-corrected chi connectivity index (χ1v) is 6.26. The maximum atomic E-state index is 11.7. The molecule has 1 aliphatic heterocycles. The van der Waals surface area contributed by atoms with Gasteiger partial charge in [-0.15, -0.1) is 0 Å². The first-order valence-electron chi connectivity index (χ1n) is 6.26. The van der Waals surface area contributed by atoms with Crippen molar-refractivity contribution >= 4 is 11.6 Å². The van der Waals surface area contributed by atoms with Gasteiger partial charge in [-0.3, -0.25) is 4.79 Å². The Morgan fingerprint density at radius 3 is 2.88 bits per heavy atom. The fraction of sp³-hybridized carbons (Fsp3) is 0.500. The molecule has 0 aliphatic carbocycles. The molecule has 0 unspecified atom stereocenters. The summed E-state index contributed by atoms with van der Waals surface area (Å²) in [5.41, 5.74) is 9.12. The number of nitrogens with zero attached hydrogens (tertiary/aromatic N) is 1. The molecule has 3 nitrogen and oxygen atoms in total. The van der Waals surface area contributed by atoms with Crippen LogP contribution in [0.5, 0.6) is 0 Å². The summed E-state index contributed by atoms with van der Waals surface area (Å²) in [6, 6.07) is 6.42. The molecule has 1 amide bonds. The number of amides is 1. The number of rotatable bonds is 2. The van der Waals surface area contributed by atoms with E-state index in [2.05, 4.69) is 32.0 Å². The minimum atomic E-state index is 0.0169. The lowest BCUT2D eigenvalue weighted by Crippen LogP contribution is -2.39. The SMILES string of the molecule is CC(C)c1ccc2c(c1)CCCN2C(=O)CN. The van der Waals surface area contributed by atoms with E-state index in [-0.39, 0.29) is 12.5 Å². The minimum Gasteiger partial charge on any atom is -0.322 e. The zero-order valence-corrected chi connectivity index (χ0v) is 10.6. The van der Waals surface area contributed by atoms with Gasteiger partial charge in [0.2, 0.25) is 5.91 Å². The van der Waals surface area contributed by atoms with Crippen molar-refractivity contribution in [3.63, 3.8) is 0 Å². The van der Waals surface area contributed by atoms with Crippen molar-refractivity contribution in [2.75, 3.05) is 18.0 Å². The van der Waals surface area contributed by atoms with Crippen LogP contribution in [-0.2, 0) is 11.2 Å². The molecule has 0 spiro atoms. The lowest BCUT2D eigenvalue weighted by atomic mass is 9.95. The third kappa shape index (κ3) is 2.34. The Morgan fingerprint density at radius 1 is 1.47 bits per heavy atom. The van der Waals surface area contributed by atoms with Crippen LogP contribution in [0.4, 0.5) is 5.69 Å². The van der Waals surface area contributed by atoms with Gasteiger partial charge in [0, 0.05) is 12.2 Å². The van der Waals surface area contributed by atoms with Gasteiger partial charge in [-0.25, -0.2) is 0 Å². The highest BCUT2D eigenvalue weighted by atomic mass is 16.2. The minimum absolute atomic E-state index is 0.0169. The van der Waals surface area contributed by atoms with Gasteiger partial charge in [0.25, 0.3) is 0 Å². The van der Waals surface area contributed by atoms with E-state index in [1.165, 1.54) is 11.1 Å². The third-order valence-electron chi connectivity index (χ3n) is 3.36. The van der Waals surface area contributed by atoms with Crippen LogP contribution in [0.3, 0.4) is 0 Å². The second-order valence-corrected chi connectivity index (χ2v) is 4.90. The van der Waals surface area contributed by atoms with Crippen LogP contribution < -0.4 is 10.6 Å². The molecule has 0 atom stereocenters. The predicted octanol–water partition coefficient (Wildman–Crippen LogP) is 2.05. The molecule has 0 bridgehead atoms. The quantitative estimate of drug-likeness (QED) is 0.848. The Morgan fingerprint density at radius 2 is 2.24 bits per heavy atom. The van der Waals surface area contributed by atoms with Crippen LogP contribution in [0.1, 0.15) is 37.3 Å². The van der Waals surface area contributed by atoms with Gasteiger partial charge < -0.3 is 10.6 Å². The molecule has 92 valence electrons. The smallest absolute Gasteiger partial charge is 0.240 e. The molecule has 3 heteroatoms. The second-order valence-electron chi connectivity index (χ2n) is 4.90. The number of benzene rings is 1. The maximum absolute atomic E-state index is 11.7. The van der Waals surface area contributed by atoms with Crippen molar-refractivity contribution in [1.82, 2.24) is 0 Å². The number of carbonyl (C=O) groups excluding carboxylic acids is 1. The first-order chi connectivity index (χ1) is 8.13. The summed E-state index contributed by atoms with van der Waals surface area (Å²) in [5.74, 6) is 0.545. The van der Waals surface area contributed by atoms with Crippen LogP contribution in [0.15, 0.2) is 18.2 Å². The number of anilines is 1. The van der Waals surface area contributed by atoms with Gasteiger partial charge in [0.1, 0.15) is 0 Å². The van der Waals surface area contributed by atoms with Crippen molar-refractivity contribution in [2.45, 2.75) is 32.6 Å². The average Bonchev–Trinajstić information content (AvgIpc) is 2.36. The van der Waals surface area contributed by atoms with Crippen molar-refractivity contribution in [1.29, 1.82) is 0 Å². The Kier molecular flexibility index (Phi) is 3.48. The molecule has 2 rings (SSSR count). The van der Waals surface area contributed by atoms with E-state index in [0.717, 1.165) is 25.1 Å². The Hall–Kier alpha value is -1.35. The number of carbonyl (C=O) groups is 1. The molecular weight excluding hydrogens is 212 g/mol. The topological polar surface area (TPSA) is 46.3 Å². The van der Waals surface area contributed by atoms with Gasteiger partial charge in [0.15, 0.2) is 0 Å². The van der Waals surface area contributed by atoms with Crippen molar-refractivity contribution in [2.24, 2.45) is 5.73 Å². The molecule has 0 radical (unpaired) electrons. The largest absolute Gasteiger partial charge is 0.322 e. The van der Waals surface area contributed by atoms with Crippen LogP contribution >= 0.6 is 0 Å². The summed E-state index contributed by atoms with van der Waals surface area (Å²) in [7, 11) is 0. The van der Waals surface area contributed by atoms with E-state index in [0.29, 0.717) is 5.92 Å². The van der Waals surface area contributed by atoms with E-state index in [1.54, 1.807) is 0 Å². The number of nitrogens with two attached hydrogens (primary N) is 1. The van der Waals surface area contributed by atoms with E-state index in [1.807, 2.05) is 4.90 Å². The summed E-state index contributed by atoms with van der Waals surface area (Å²) in [4.78, 5) is 13.6. The van der Waals surface area contributed by atoms with Gasteiger partial charge in [0.05, 0.1) is 6.54 Å². The van der Waals surface area contributed by atoms with Crippen LogP contribution in [-0.4, -0.2) is 19.0 Å². The Balaban J connectivity index is 2.36. The first kappa shape index (κ1) is 12.1. The van der Waals surface area contributed by atoms with Crippen molar-refractivity contribution in [3.05, 3.63) is 29.3 Å². The summed E-state index contributed by atoms with van der Waals surface area (Å²) >= 11 is 0. The molecule has 0 fully saturated rings. The van der Waals surface area contributed by atoms with Crippen molar-refractivity contribution in [3.8, 4) is 0 Å². The van der Waals surface area contributed by atoms with Gasteiger partial charge in [-0.2, -0.15) is 0 Å². The zero-order valence-electron chi connectivity index (χ0n) is 10.6. The molecule has 1 aromatic carbocycles. The molecule has 0 aromatic heterocycles. The lowest BCUT2D eigenvalue weighted by Gasteiger charge is -2.30. The number of fused-ring (bicyclic) bond motifs is 1. The van der Waals surface area contributed by atoms with E-state index in [4.69, 9.17) is 5.73 Å². The molecule has 2 N–H and O–H groups in total.